The normalized spacial score (nSPS) is 45.7. The van der Waals surface area contributed by atoms with Crippen LogP contribution in [0.25, 0.3) is 0 Å². The molecule has 0 amide bonds. The van der Waals surface area contributed by atoms with Crippen LogP contribution in [0, 0.1) is 22.2 Å². The molecule has 0 spiro atoms. The van der Waals surface area contributed by atoms with Crippen molar-refractivity contribution in [2.24, 2.45) is 10.8 Å². The van der Waals surface area contributed by atoms with E-state index in [2.05, 4.69) is 6.07 Å². The first kappa shape index (κ1) is 8.07. The monoisotopic (exact) mass is 165 g/mol. The van der Waals surface area contributed by atoms with Crippen LogP contribution in [-0.4, -0.2) is 11.7 Å². The summed E-state index contributed by atoms with van der Waals surface area (Å²) in [6.07, 6.45) is 6.25. The summed E-state index contributed by atoms with van der Waals surface area (Å²) in [5.41, 5.74) is 0.204. The molecule has 2 heteroatoms. The summed E-state index contributed by atoms with van der Waals surface area (Å²) in [6.45, 7) is 0.328. The van der Waals surface area contributed by atoms with Gasteiger partial charge in [0.1, 0.15) is 0 Å². The van der Waals surface area contributed by atoms with E-state index in [0.29, 0.717) is 6.61 Å². The highest BCUT2D eigenvalue weighted by Crippen LogP contribution is 2.56. The first-order chi connectivity index (χ1) is 5.74. The van der Waals surface area contributed by atoms with Gasteiger partial charge in [0.05, 0.1) is 11.5 Å². The maximum Gasteiger partial charge on any atom is 0.0689 e. The van der Waals surface area contributed by atoms with Crippen LogP contribution < -0.4 is 0 Å². The first-order valence-electron chi connectivity index (χ1n) is 4.76. The summed E-state index contributed by atoms with van der Waals surface area (Å²) in [5, 5.41) is 18.3. The van der Waals surface area contributed by atoms with Gasteiger partial charge in [0.2, 0.25) is 0 Å². The molecule has 0 aliphatic heterocycles. The molecule has 0 heterocycles. The Morgan fingerprint density at radius 1 is 1.08 bits per heavy atom. The van der Waals surface area contributed by atoms with Crippen LogP contribution in [0.2, 0.25) is 0 Å². The largest absolute Gasteiger partial charge is 0.396 e. The quantitative estimate of drug-likeness (QED) is 0.644. The van der Waals surface area contributed by atoms with E-state index < -0.39 is 0 Å². The van der Waals surface area contributed by atoms with E-state index in [-0.39, 0.29) is 10.8 Å². The van der Waals surface area contributed by atoms with Crippen LogP contribution in [0.1, 0.15) is 38.5 Å². The Morgan fingerprint density at radius 2 is 1.58 bits per heavy atom. The van der Waals surface area contributed by atoms with Gasteiger partial charge in [-0.2, -0.15) is 5.26 Å². The van der Waals surface area contributed by atoms with Gasteiger partial charge in [0, 0.05) is 6.61 Å². The second-order valence-corrected chi connectivity index (χ2v) is 4.55. The molecular formula is C10H15NO. The Balaban J connectivity index is 2.15. The Hall–Kier alpha value is -0.550. The maximum atomic E-state index is 9.24. The van der Waals surface area contributed by atoms with Gasteiger partial charge in [-0.1, -0.05) is 0 Å². The first-order valence-corrected chi connectivity index (χ1v) is 4.76. The number of nitrogens with zero attached hydrogens (tertiary/aromatic N) is 1. The molecule has 0 aromatic heterocycles. The third kappa shape index (κ3) is 0.964. The van der Waals surface area contributed by atoms with Gasteiger partial charge >= 0.3 is 0 Å². The zero-order valence-electron chi connectivity index (χ0n) is 7.34. The molecule has 0 radical (unpaired) electrons. The SMILES string of the molecule is N#CC12CCC(CO)(CC1)CC2. The molecule has 12 heavy (non-hydrogen) atoms. The van der Waals surface area contributed by atoms with E-state index in [0.717, 1.165) is 38.5 Å². The predicted octanol–water partition coefficient (Wildman–Crippen LogP) is 1.84. The summed E-state index contributed by atoms with van der Waals surface area (Å²) >= 11 is 0. The predicted molar refractivity (Wildman–Crippen MR) is 45.3 cm³/mol. The van der Waals surface area contributed by atoms with Crippen LogP contribution in [0.15, 0.2) is 0 Å². The van der Waals surface area contributed by atoms with E-state index in [1.54, 1.807) is 0 Å². The van der Waals surface area contributed by atoms with Crippen LogP contribution in [-0.2, 0) is 0 Å². The lowest BCUT2D eigenvalue weighted by atomic mass is 9.54. The molecule has 2 bridgehead atoms. The van der Waals surface area contributed by atoms with Gasteiger partial charge in [-0.15, -0.1) is 0 Å². The molecular weight excluding hydrogens is 150 g/mol. The second kappa shape index (κ2) is 2.47. The van der Waals surface area contributed by atoms with Crippen molar-refractivity contribution in [2.45, 2.75) is 38.5 Å². The average molecular weight is 165 g/mol. The number of rotatable bonds is 1. The molecule has 2 nitrogen and oxygen atoms in total. The highest BCUT2D eigenvalue weighted by atomic mass is 16.3. The summed E-state index contributed by atoms with van der Waals surface area (Å²) < 4.78 is 0. The fourth-order valence-corrected chi connectivity index (χ4v) is 2.67. The zero-order chi connectivity index (χ0) is 8.66. The third-order valence-electron chi connectivity index (χ3n) is 3.97. The van der Waals surface area contributed by atoms with Gasteiger partial charge in [0.15, 0.2) is 0 Å². The average Bonchev–Trinajstić information content (AvgIpc) is 2.21. The van der Waals surface area contributed by atoms with E-state index in [1.807, 2.05) is 0 Å². The van der Waals surface area contributed by atoms with Crippen molar-refractivity contribution in [3.63, 3.8) is 0 Å². The van der Waals surface area contributed by atoms with Crippen molar-refractivity contribution in [3.05, 3.63) is 0 Å². The lowest BCUT2D eigenvalue weighted by Gasteiger charge is -2.49. The van der Waals surface area contributed by atoms with E-state index in [4.69, 9.17) is 5.26 Å². The fraction of sp³-hybridized carbons (Fsp3) is 0.900. The Labute approximate surface area is 73.2 Å². The van der Waals surface area contributed by atoms with E-state index >= 15 is 0 Å². The van der Waals surface area contributed by atoms with Gasteiger partial charge in [0.25, 0.3) is 0 Å². The molecule has 0 atom stereocenters. The summed E-state index contributed by atoms with van der Waals surface area (Å²) in [5.74, 6) is 0. The number of fused-ring (bicyclic) bond motifs is 3. The molecule has 3 rings (SSSR count). The second-order valence-electron chi connectivity index (χ2n) is 4.55. The Bertz CT molecular complexity index is 204. The minimum atomic E-state index is -0.00306. The molecule has 3 saturated carbocycles. The molecule has 1 N–H and O–H groups in total. The van der Waals surface area contributed by atoms with Crippen molar-refractivity contribution in [2.75, 3.05) is 6.61 Å². The highest BCUT2D eigenvalue weighted by molar-refractivity contribution is 5.08. The summed E-state index contributed by atoms with van der Waals surface area (Å²) in [6, 6.07) is 2.46. The van der Waals surface area contributed by atoms with E-state index in [9.17, 15) is 5.11 Å². The maximum absolute atomic E-state index is 9.24. The molecule has 0 saturated heterocycles. The van der Waals surface area contributed by atoms with E-state index in [1.165, 1.54) is 0 Å². The summed E-state index contributed by atoms with van der Waals surface area (Å²) in [7, 11) is 0. The van der Waals surface area contributed by atoms with Crippen LogP contribution >= 0.6 is 0 Å². The number of nitriles is 1. The topological polar surface area (TPSA) is 44.0 Å². The number of aliphatic hydroxyl groups is 1. The number of hydrogen-bond acceptors (Lipinski definition) is 2. The third-order valence-corrected chi connectivity index (χ3v) is 3.97. The molecule has 0 aromatic rings. The van der Waals surface area contributed by atoms with Crippen molar-refractivity contribution in [3.8, 4) is 6.07 Å². The molecule has 3 aliphatic carbocycles. The standard InChI is InChI=1S/C10H15NO/c11-7-9-1-4-10(8-12,5-2-9)6-3-9/h12H,1-6,8H2. The van der Waals surface area contributed by atoms with Crippen molar-refractivity contribution in [1.82, 2.24) is 0 Å². The van der Waals surface area contributed by atoms with Crippen LogP contribution in [0.5, 0.6) is 0 Å². The molecule has 0 unspecified atom stereocenters. The Morgan fingerprint density at radius 3 is 1.92 bits per heavy atom. The minimum absolute atomic E-state index is 0.00306. The van der Waals surface area contributed by atoms with Gasteiger partial charge in [-0.25, -0.2) is 0 Å². The zero-order valence-corrected chi connectivity index (χ0v) is 7.34. The molecule has 66 valence electrons. The van der Waals surface area contributed by atoms with Gasteiger partial charge < -0.3 is 5.11 Å². The van der Waals surface area contributed by atoms with Crippen LogP contribution in [0.4, 0.5) is 0 Å². The summed E-state index contributed by atoms with van der Waals surface area (Å²) in [4.78, 5) is 0. The minimum Gasteiger partial charge on any atom is -0.396 e. The van der Waals surface area contributed by atoms with Crippen LogP contribution in [0.3, 0.4) is 0 Å². The highest BCUT2D eigenvalue weighted by Gasteiger charge is 2.48. The fourth-order valence-electron chi connectivity index (χ4n) is 2.67. The Kier molecular flexibility index (Phi) is 1.66. The van der Waals surface area contributed by atoms with Gasteiger partial charge in [-0.3, -0.25) is 0 Å². The molecule has 3 fully saturated rings. The lowest BCUT2D eigenvalue weighted by Crippen LogP contribution is -2.42. The van der Waals surface area contributed by atoms with Crippen molar-refractivity contribution >= 4 is 0 Å². The molecule has 0 aromatic carbocycles. The van der Waals surface area contributed by atoms with Gasteiger partial charge in [-0.05, 0) is 43.9 Å². The number of hydrogen-bond donors (Lipinski definition) is 1. The number of aliphatic hydroxyl groups excluding tert-OH is 1. The smallest absolute Gasteiger partial charge is 0.0689 e. The van der Waals surface area contributed by atoms with Crippen molar-refractivity contribution in [1.29, 1.82) is 5.26 Å². The lowest BCUT2D eigenvalue weighted by molar-refractivity contribution is -0.0168. The van der Waals surface area contributed by atoms with Crippen molar-refractivity contribution < 1.29 is 5.11 Å². The molecule has 3 aliphatic rings.